The van der Waals surface area contributed by atoms with Crippen LogP contribution in [0.4, 0.5) is 10.1 Å². The van der Waals surface area contributed by atoms with Crippen LogP contribution in [-0.4, -0.2) is 33.8 Å². The number of aliphatic hydroxyl groups is 2. The molecule has 0 heterocycles. The quantitative estimate of drug-likeness (QED) is 0.533. The number of nitrogens with zero attached hydrogens (tertiary/aromatic N) is 1. The van der Waals surface area contributed by atoms with Gasteiger partial charge in [0.2, 0.25) is 5.82 Å². The third-order valence-electron chi connectivity index (χ3n) is 2.72. The van der Waals surface area contributed by atoms with Crippen LogP contribution in [0.5, 0.6) is 0 Å². The second-order valence-corrected chi connectivity index (χ2v) is 4.91. The van der Waals surface area contributed by atoms with E-state index in [4.69, 9.17) is 5.11 Å². The van der Waals surface area contributed by atoms with Gasteiger partial charge in [0, 0.05) is 18.2 Å². The van der Waals surface area contributed by atoms with Gasteiger partial charge in [0.15, 0.2) is 0 Å². The zero-order chi connectivity index (χ0) is 14.6. The Morgan fingerprint density at radius 3 is 2.68 bits per heavy atom. The highest BCUT2D eigenvalue weighted by atomic mass is 19.1. The number of hydrogen-bond donors (Lipinski definition) is 3. The van der Waals surface area contributed by atoms with Gasteiger partial charge in [-0.1, -0.05) is 6.07 Å². The van der Waals surface area contributed by atoms with Crippen LogP contribution in [0.25, 0.3) is 0 Å². The lowest BCUT2D eigenvalue weighted by atomic mass is 10.0. The molecular formula is C12H17FN2O4. The molecule has 0 aromatic heterocycles. The van der Waals surface area contributed by atoms with E-state index in [0.29, 0.717) is 0 Å². The topological polar surface area (TPSA) is 95.6 Å². The van der Waals surface area contributed by atoms with Crippen LogP contribution in [0, 0.1) is 15.9 Å². The smallest absolute Gasteiger partial charge is 0.305 e. The van der Waals surface area contributed by atoms with Gasteiger partial charge in [-0.3, -0.25) is 10.1 Å². The van der Waals surface area contributed by atoms with Crippen LogP contribution >= 0.6 is 0 Å². The standard InChI is InChI=1S/C12H17FN2O4/c1-12(2,7-16)14-6-11(17)8-3-4-9(13)10(5-8)15(18)19/h3-5,11,14,16-17H,6-7H2,1-2H3. The summed E-state index contributed by atoms with van der Waals surface area (Å²) < 4.78 is 13.1. The van der Waals surface area contributed by atoms with Crippen LogP contribution in [0.2, 0.25) is 0 Å². The second kappa shape index (κ2) is 6.05. The predicted octanol–water partition coefficient (Wildman–Crippen LogP) is 1.13. The molecule has 0 amide bonds. The largest absolute Gasteiger partial charge is 0.394 e. The summed E-state index contributed by atoms with van der Waals surface area (Å²) in [6, 6.07) is 3.25. The zero-order valence-corrected chi connectivity index (χ0v) is 10.8. The first kappa shape index (κ1) is 15.5. The summed E-state index contributed by atoms with van der Waals surface area (Å²) in [5.74, 6) is -0.940. The molecule has 19 heavy (non-hydrogen) atoms. The van der Waals surface area contributed by atoms with Crippen molar-refractivity contribution in [3.63, 3.8) is 0 Å². The van der Waals surface area contributed by atoms with Gasteiger partial charge in [-0.05, 0) is 25.5 Å². The highest BCUT2D eigenvalue weighted by Gasteiger charge is 2.20. The molecular weight excluding hydrogens is 255 g/mol. The number of nitro groups is 1. The van der Waals surface area contributed by atoms with Crippen molar-refractivity contribution in [2.45, 2.75) is 25.5 Å². The lowest BCUT2D eigenvalue weighted by molar-refractivity contribution is -0.387. The SMILES string of the molecule is CC(C)(CO)NCC(O)c1ccc(F)c([N+](=O)[O-])c1. The summed E-state index contributed by atoms with van der Waals surface area (Å²) in [5.41, 5.74) is -1.00. The second-order valence-electron chi connectivity index (χ2n) is 4.91. The number of nitro benzene ring substituents is 1. The Morgan fingerprint density at radius 2 is 2.16 bits per heavy atom. The highest BCUT2D eigenvalue weighted by Crippen LogP contribution is 2.22. The lowest BCUT2D eigenvalue weighted by Gasteiger charge is -2.25. The first-order valence-corrected chi connectivity index (χ1v) is 5.74. The average Bonchev–Trinajstić information content (AvgIpc) is 2.36. The third-order valence-corrected chi connectivity index (χ3v) is 2.72. The fraction of sp³-hybridized carbons (Fsp3) is 0.500. The normalized spacial score (nSPS) is 13.3. The van der Waals surface area contributed by atoms with Crippen molar-refractivity contribution in [2.24, 2.45) is 0 Å². The number of nitrogens with one attached hydrogen (secondary N) is 1. The van der Waals surface area contributed by atoms with Gasteiger partial charge in [-0.25, -0.2) is 0 Å². The summed E-state index contributed by atoms with van der Waals surface area (Å²) in [5, 5.41) is 32.4. The maximum absolute atomic E-state index is 13.1. The van der Waals surface area contributed by atoms with Crippen molar-refractivity contribution >= 4 is 5.69 Å². The van der Waals surface area contributed by atoms with Crippen LogP contribution in [0.3, 0.4) is 0 Å². The van der Waals surface area contributed by atoms with Gasteiger partial charge >= 0.3 is 5.69 Å². The van der Waals surface area contributed by atoms with E-state index in [0.717, 1.165) is 12.1 Å². The van der Waals surface area contributed by atoms with Gasteiger partial charge in [0.1, 0.15) is 0 Å². The van der Waals surface area contributed by atoms with Gasteiger partial charge in [0.25, 0.3) is 0 Å². The van der Waals surface area contributed by atoms with Crippen molar-refractivity contribution < 1.29 is 19.5 Å². The van der Waals surface area contributed by atoms with E-state index in [2.05, 4.69) is 5.32 Å². The maximum atomic E-state index is 13.1. The van der Waals surface area contributed by atoms with E-state index >= 15 is 0 Å². The monoisotopic (exact) mass is 272 g/mol. The first-order chi connectivity index (χ1) is 8.76. The number of β-amino-alcohol motifs (C(OH)–C–C–N with tert-alkyl or cyclic N) is 1. The minimum Gasteiger partial charge on any atom is -0.394 e. The minimum atomic E-state index is -1.02. The highest BCUT2D eigenvalue weighted by molar-refractivity contribution is 5.37. The summed E-state index contributed by atoms with van der Waals surface area (Å²) in [6.07, 6.45) is -1.02. The van der Waals surface area contributed by atoms with Crippen LogP contribution in [-0.2, 0) is 0 Å². The molecule has 0 radical (unpaired) electrons. The first-order valence-electron chi connectivity index (χ1n) is 5.74. The van der Waals surface area contributed by atoms with E-state index in [-0.39, 0.29) is 18.7 Å². The third kappa shape index (κ3) is 4.23. The molecule has 6 nitrogen and oxygen atoms in total. The van der Waals surface area contributed by atoms with Crippen LogP contribution in [0.15, 0.2) is 18.2 Å². The Morgan fingerprint density at radius 1 is 1.53 bits per heavy atom. The number of aliphatic hydroxyl groups excluding tert-OH is 2. The molecule has 1 rings (SSSR count). The van der Waals surface area contributed by atoms with Crippen molar-refractivity contribution in [1.29, 1.82) is 0 Å². The van der Waals surface area contributed by atoms with Crippen molar-refractivity contribution in [2.75, 3.05) is 13.2 Å². The Bertz CT molecular complexity index is 465. The molecule has 0 saturated heterocycles. The van der Waals surface area contributed by atoms with Crippen molar-refractivity contribution in [3.05, 3.63) is 39.7 Å². The Balaban J connectivity index is 2.80. The maximum Gasteiger partial charge on any atom is 0.305 e. The predicted molar refractivity (Wildman–Crippen MR) is 67.2 cm³/mol. The summed E-state index contributed by atoms with van der Waals surface area (Å²) in [6.45, 7) is 3.46. The van der Waals surface area contributed by atoms with Gasteiger partial charge in [-0.2, -0.15) is 4.39 Å². The molecule has 0 saturated carbocycles. The molecule has 106 valence electrons. The Kier molecular flexibility index (Phi) is 4.93. The summed E-state index contributed by atoms with van der Waals surface area (Å²) in [4.78, 5) is 9.76. The number of halogens is 1. The molecule has 1 aromatic rings. The van der Waals surface area contributed by atoms with E-state index in [1.165, 1.54) is 6.07 Å². The molecule has 1 aromatic carbocycles. The molecule has 1 atom stereocenters. The molecule has 0 spiro atoms. The fourth-order valence-corrected chi connectivity index (χ4v) is 1.42. The number of hydrogen-bond acceptors (Lipinski definition) is 5. The molecule has 0 aliphatic heterocycles. The van der Waals surface area contributed by atoms with E-state index in [9.17, 15) is 19.6 Å². The average molecular weight is 272 g/mol. The van der Waals surface area contributed by atoms with E-state index < -0.39 is 28.1 Å². The number of benzene rings is 1. The summed E-state index contributed by atoms with van der Waals surface area (Å²) in [7, 11) is 0. The van der Waals surface area contributed by atoms with E-state index in [1.807, 2.05) is 0 Å². The van der Waals surface area contributed by atoms with Gasteiger partial charge in [0.05, 0.1) is 17.6 Å². The van der Waals surface area contributed by atoms with E-state index in [1.54, 1.807) is 13.8 Å². The number of rotatable bonds is 6. The molecule has 1 unspecified atom stereocenters. The molecule has 3 N–H and O–H groups in total. The van der Waals surface area contributed by atoms with Crippen LogP contribution < -0.4 is 5.32 Å². The van der Waals surface area contributed by atoms with Crippen molar-refractivity contribution in [3.8, 4) is 0 Å². The minimum absolute atomic E-state index is 0.0936. The zero-order valence-electron chi connectivity index (χ0n) is 10.8. The molecule has 0 aliphatic carbocycles. The molecule has 7 heteroatoms. The van der Waals surface area contributed by atoms with Gasteiger partial charge < -0.3 is 15.5 Å². The lowest BCUT2D eigenvalue weighted by Crippen LogP contribution is -2.44. The Hall–Kier alpha value is -1.57. The molecule has 0 aliphatic rings. The van der Waals surface area contributed by atoms with Crippen LogP contribution in [0.1, 0.15) is 25.5 Å². The summed E-state index contributed by atoms with van der Waals surface area (Å²) >= 11 is 0. The fourth-order valence-electron chi connectivity index (χ4n) is 1.42. The molecule has 0 fully saturated rings. The van der Waals surface area contributed by atoms with Gasteiger partial charge in [-0.15, -0.1) is 0 Å². The Labute approximate surface area is 110 Å². The van der Waals surface area contributed by atoms with Crippen molar-refractivity contribution in [1.82, 2.24) is 5.32 Å². The molecule has 0 bridgehead atoms.